The average Bonchev–Trinajstić information content (AvgIpc) is 3.66. The Morgan fingerprint density at radius 3 is 1.22 bits per heavy atom. The Morgan fingerprint density at radius 1 is 0.273 bits per heavy atom. The van der Waals surface area contributed by atoms with Crippen LogP contribution in [0.3, 0.4) is 0 Å². The van der Waals surface area contributed by atoms with Crippen LogP contribution in [0.4, 0.5) is 0 Å². The van der Waals surface area contributed by atoms with Gasteiger partial charge in [0.2, 0.25) is 0 Å². The first kappa shape index (κ1) is 32.2. The summed E-state index contributed by atoms with van der Waals surface area (Å²) in [5.74, 6) is 1.85. The molecule has 2 aromatic heterocycles. The summed E-state index contributed by atoms with van der Waals surface area (Å²) >= 11 is 0. The Bertz CT molecular complexity index is 2900. The number of aromatic nitrogens is 3. The summed E-state index contributed by atoms with van der Waals surface area (Å²) in [6.07, 6.45) is 0. The molecule has 8 aromatic carbocycles. The van der Waals surface area contributed by atoms with E-state index in [1.165, 1.54) is 27.8 Å². The Morgan fingerprint density at radius 2 is 0.673 bits per heavy atom. The molecule has 2 heterocycles. The largest absolute Gasteiger partial charge is 0.456 e. The van der Waals surface area contributed by atoms with Gasteiger partial charge in [0, 0.05) is 27.5 Å². The molecule has 10 aromatic rings. The molecule has 0 atom stereocenters. The van der Waals surface area contributed by atoms with Gasteiger partial charge in [0.05, 0.1) is 0 Å². The van der Waals surface area contributed by atoms with E-state index in [0.29, 0.717) is 17.5 Å². The van der Waals surface area contributed by atoms with Crippen molar-refractivity contribution in [1.29, 1.82) is 0 Å². The van der Waals surface area contributed by atoms with E-state index in [1.807, 2.05) is 72.8 Å². The van der Waals surface area contributed by atoms with Crippen molar-refractivity contribution in [2.75, 3.05) is 0 Å². The fourth-order valence-corrected chi connectivity index (χ4v) is 7.36. The fourth-order valence-electron chi connectivity index (χ4n) is 7.36. The third-order valence-corrected chi connectivity index (χ3v) is 10.2. The normalized spacial score (nSPS) is 11.3. The number of furan rings is 1. The number of hydrogen-bond donors (Lipinski definition) is 0. The predicted molar refractivity (Wildman–Crippen MR) is 225 cm³/mol. The van der Waals surface area contributed by atoms with Crippen molar-refractivity contribution in [3.8, 4) is 78.7 Å². The number of rotatable bonds is 7. The molecule has 4 nitrogen and oxygen atoms in total. The summed E-state index contributed by atoms with van der Waals surface area (Å²) < 4.78 is 6.44. The van der Waals surface area contributed by atoms with Crippen LogP contribution in [0.25, 0.3) is 101 Å². The summed E-state index contributed by atoms with van der Waals surface area (Å²) in [5.41, 5.74) is 13.7. The van der Waals surface area contributed by atoms with Crippen molar-refractivity contribution >= 4 is 21.9 Å². The van der Waals surface area contributed by atoms with Crippen LogP contribution in [0.2, 0.25) is 0 Å². The summed E-state index contributed by atoms with van der Waals surface area (Å²) in [5, 5.41) is 1.99. The molecular formula is C51H33N3O. The molecule has 0 saturated heterocycles. The molecule has 0 N–H and O–H groups in total. The highest BCUT2D eigenvalue weighted by Crippen LogP contribution is 2.39. The van der Waals surface area contributed by atoms with Gasteiger partial charge in [-0.25, -0.2) is 15.0 Å². The third kappa shape index (κ3) is 6.26. The Kier molecular flexibility index (Phi) is 8.12. The van der Waals surface area contributed by atoms with E-state index >= 15 is 0 Å². The number of hydrogen-bond acceptors (Lipinski definition) is 4. The van der Waals surface area contributed by atoms with Gasteiger partial charge in [0.1, 0.15) is 11.2 Å². The molecule has 0 fully saturated rings. The van der Waals surface area contributed by atoms with Crippen LogP contribution < -0.4 is 0 Å². The van der Waals surface area contributed by atoms with Crippen molar-refractivity contribution in [3.05, 3.63) is 200 Å². The van der Waals surface area contributed by atoms with Crippen LogP contribution >= 0.6 is 0 Å². The highest BCUT2D eigenvalue weighted by Gasteiger charge is 2.18. The molecular weight excluding hydrogens is 671 g/mol. The standard InChI is InChI=1S/C51H33N3O/c1-4-13-34(14-5-1)39-19-10-20-40(31-39)35-25-27-36(28-26-35)41-21-11-22-42(32-41)43-29-30-46-45(33-43)48-44(23-12-24-47(48)55-46)51-53-49(37-15-6-2-7-16-37)52-50(54-51)38-17-8-3-9-18-38/h1-33H. The molecule has 55 heavy (non-hydrogen) atoms. The first-order valence-corrected chi connectivity index (χ1v) is 18.4. The number of fused-ring (bicyclic) bond motifs is 3. The maximum Gasteiger partial charge on any atom is 0.164 e. The molecule has 10 rings (SSSR count). The Hall–Kier alpha value is -7.43. The minimum Gasteiger partial charge on any atom is -0.456 e. The first-order valence-electron chi connectivity index (χ1n) is 18.4. The van der Waals surface area contributed by atoms with Crippen molar-refractivity contribution in [3.63, 3.8) is 0 Å². The number of nitrogens with zero attached hydrogens (tertiary/aromatic N) is 3. The zero-order chi connectivity index (χ0) is 36.6. The van der Waals surface area contributed by atoms with Gasteiger partial charge in [-0.05, 0) is 74.8 Å². The van der Waals surface area contributed by atoms with Gasteiger partial charge in [-0.3, -0.25) is 0 Å². The quantitative estimate of drug-likeness (QED) is 0.166. The lowest BCUT2D eigenvalue weighted by Gasteiger charge is -2.10. The predicted octanol–water partition coefficient (Wildman–Crippen LogP) is 13.4. The minimum absolute atomic E-state index is 0.601. The van der Waals surface area contributed by atoms with Gasteiger partial charge >= 0.3 is 0 Å². The molecule has 0 bridgehead atoms. The molecule has 0 radical (unpaired) electrons. The van der Waals surface area contributed by atoms with Gasteiger partial charge in [0.25, 0.3) is 0 Å². The maximum absolute atomic E-state index is 6.44. The minimum atomic E-state index is 0.601. The van der Waals surface area contributed by atoms with Crippen molar-refractivity contribution < 1.29 is 4.42 Å². The van der Waals surface area contributed by atoms with Gasteiger partial charge < -0.3 is 4.42 Å². The molecule has 4 heteroatoms. The van der Waals surface area contributed by atoms with E-state index in [2.05, 4.69) is 127 Å². The van der Waals surface area contributed by atoms with E-state index in [-0.39, 0.29) is 0 Å². The van der Waals surface area contributed by atoms with Crippen molar-refractivity contribution in [2.45, 2.75) is 0 Å². The lowest BCUT2D eigenvalue weighted by molar-refractivity contribution is 0.669. The smallest absolute Gasteiger partial charge is 0.164 e. The lowest BCUT2D eigenvalue weighted by Crippen LogP contribution is -2.00. The van der Waals surface area contributed by atoms with E-state index in [0.717, 1.165) is 55.3 Å². The summed E-state index contributed by atoms with van der Waals surface area (Å²) in [6, 6.07) is 69.5. The summed E-state index contributed by atoms with van der Waals surface area (Å²) in [7, 11) is 0. The molecule has 0 spiro atoms. The molecule has 0 saturated carbocycles. The molecule has 0 aliphatic heterocycles. The van der Waals surface area contributed by atoms with Crippen LogP contribution in [-0.2, 0) is 0 Å². The van der Waals surface area contributed by atoms with Crippen molar-refractivity contribution in [2.24, 2.45) is 0 Å². The molecule has 0 unspecified atom stereocenters. The van der Waals surface area contributed by atoms with Crippen LogP contribution in [0.1, 0.15) is 0 Å². The Balaban J connectivity index is 1.02. The second-order valence-electron chi connectivity index (χ2n) is 13.6. The maximum atomic E-state index is 6.44. The molecule has 0 aliphatic carbocycles. The zero-order valence-electron chi connectivity index (χ0n) is 29.8. The summed E-state index contributed by atoms with van der Waals surface area (Å²) in [4.78, 5) is 15.0. The van der Waals surface area contributed by atoms with E-state index in [4.69, 9.17) is 19.4 Å². The second kappa shape index (κ2) is 13.8. The average molecular weight is 704 g/mol. The van der Waals surface area contributed by atoms with Crippen molar-refractivity contribution in [1.82, 2.24) is 15.0 Å². The topological polar surface area (TPSA) is 51.8 Å². The van der Waals surface area contributed by atoms with E-state index in [9.17, 15) is 0 Å². The van der Waals surface area contributed by atoms with Crippen LogP contribution in [0, 0.1) is 0 Å². The lowest BCUT2D eigenvalue weighted by atomic mass is 9.95. The second-order valence-corrected chi connectivity index (χ2v) is 13.6. The van der Waals surface area contributed by atoms with Gasteiger partial charge in [-0.2, -0.15) is 0 Å². The highest BCUT2D eigenvalue weighted by atomic mass is 16.3. The zero-order valence-corrected chi connectivity index (χ0v) is 29.8. The monoisotopic (exact) mass is 703 g/mol. The van der Waals surface area contributed by atoms with Crippen LogP contribution in [0.15, 0.2) is 205 Å². The molecule has 0 amide bonds. The van der Waals surface area contributed by atoms with Crippen LogP contribution in [0.5, 0.6) is 0 Å². The van der Waals surface area contributed by atoms with Gasteiger partial charge in [0.15, 0.2) is 17.5 Å². The fraction of sp³-hybridized carbons (Fsp3) is 0. The highest BCUT2D eigenvalue weighted by molar-refractivity contribution is 6.12. The summed E-state index contributed by atoms with van der Waals surface area (Å²) in [6.45, 7) is 0. The number of benzene rings is 8. The third-order valence-electron chi connectivity index (χ3n) is 10.2. The molecule has 0 aliphatic rings. The van der Waals surface area contributed by atoms with Crippen LogP contribution in [-0.4, -0.2) is 15.0 Å². The Labute approximate surface area is 319 Å². The first-order chi connectivity index (χ1) is 27.2. The van der Waals surface area contributed by atoms with E-state index in [1.54, 1.807) is 0 Å². The van der Waals surface area contributed by atoms with Gasteiger partial charge in [-0.1, -0.05) is 170 Å². The molecule has 258 valence electrons. The van der Waals surface area contributed by atoms with E-state index < -0.39 is 0 Å². The SMILES string of the molecule is c1ccc(-c2cccc(-c3ccc(-c4cccc(-c5ccc6oc7cccc(-c8nc(-c9ccccc9)nc(-c9ccccc9)n8)c7c6c5)c4)cc3)c2)cc1. The van der Waals surface area contributed by atoms with Gasteiger partial charge in [-0.15, -0.1) is 0 Å².